The maximum Gasteiger partial charge on any atom is 0.152 e. The van der Waals surface area contributed by atoms with E-state index in [4.69, 9.17) is 0 Å². The second-order valence-corrected chi connectivity index (χ2v) is 5.22. The van der Waals surface area contributed by atoms with Crippen molar-refractivity contribution in [2.75, 3.05) is 0 Å². The van der Waals surface area contributed by atoms with E-state index in [2.05, 4.69) is 37.7 Å². The molecule has 0 atom stereocenters. The average molecular weight is 245 g/mol. The van der Waals surface area contributed by atoms with Crippen molar-refractivity contribution in [2.45, 2.75) is 46.6 Å². The predicted molar refractivity (Wildman–Crippen MR) is 72.1 cm³/mol. The fraction of sp³-hybridized carbons (Fsp3) is 0.500. The van der Waals surface area contributed by atoms with E-state index in [1.807, 2.05) is 17.7 Å². The number of aromatic nitrogens is 3. The SMILES string of the molecule is Cc1nc(C(C)C)nc2c1c(C=O)cn2C(C)C. The first-order valence-electron chi connectivity index (χ1n) is 6.30. The van der Waals surface area contributed by atoms with Gasteiger partial charge in [0.25, 0.3) is 0 Å². The van der Waals surface area contributed by atoms with Crippen LogP contribution >= 0.6 is 0 Å². The first-order chi connectivity index (χ1) is 8.45. The van der Waals surface area contributed by atoms with Crippen LogP contribution in [0.5, 0.6) is 0 Å². The first-order valence-corrected chi connectivity index (χ1v) is 6.30. The van der Waals surface area contributed by atoms with Crippen LogP contribution in [0.4, 0.5) is 0 Å². The topological polar surface area (TPSA) is 47.8 Å². The van der Waals surface area contributed by atoms with Gasteiger partial charge in [-0.15, -0.1) is 0 Å². The van der Waals surface area contributed by atoms with Gasteiger partial charge in [0.1, 0.15) is 11.5 Å². The van der Waals surface area contributed by atoms with E-state index in [1.54, 1.807) is 0 Å². The molecule has 0 N–H and O–H groups in total. The number of aldehydes is 1. The molecular weight excluding hydrogens is 226 g/mol. The molecule has 0 unspecified atom stereocenters. The van der Waals surface area contributed by atoms with Crippen molar-refractivity contribution < 1.29 is 4.79 Å². The highest BCUT2D eigenvalue weighted by Crippen LogP contribution is 2.25. The van der Waals surface area contributed by atoms with Crippen molar-refractivity contribution in [1.82, 2.24) is 14.5 Å². The van der Waals surface area contributed by atoms with Crippen LogP contribution in [0.3, 0.4) is 0 Å². The maximum absolute atomic E-state index is 11.2. The van der Waals surface area contributed by atoms with Gasteiger partial charge in [0.05, 0.1) is 11.1 Å². The molecule has 0 saturated carbocycles. The van der Waals surface area contributed by atoms with E-state index in [0.29, 0.717) is 5.56 Å². The minimum atomic E-state index is 0.274. The van der Waals surface area contributed by atoms with Gasteiger partial charge in [0, 0.05) is 23.7 Å². The highest BCUT2D eigenvalue weighted by molar-refractivity contribution is 5.97. The van der Waals surface area contributed by atoms with Crippen LogP contribution < -0.4 is 0 Å². The molecular formula is C14H19N3O. The monoisotopic (exact) mass is 245 g/mol. The summed E-state index contributed by atoms with van der Waals surface area (Å²) in [5.74, 6) is 1.11. The third-order valence-electron chi connectivity index (χ3n) is 3.10. The van der Waals surface area contributed by atoms with Gasteiger partial charge in [-0.2, -0.15) is 0 Å². The average Bonchev–Trinajstić information content (AvgIpc) is 2.68. The van der Waals surface area contributed by atoms with Gasteiger partial charge < -0.3 is 4.57 Å². The number of rotatable bonds is 3. The number of hydrogen-bond acceptors (Lipinski definition) is 3. The molecule has 0 amide bonds. The lowest BCUT2D eigenvalue weighted by Gasteiger charge is -2.11. The molecule has 0 aliphatic rings. The van der Waals surface area contributed by atoms with Crippen LogP contribution in [0.25, 0.3) is 11.0 Å². The summed E-state index contributed by atoms with van der Waals surface area (Å²) in [7, 11) is 0. The molecule has 96 valence electrons. The first kappa shape index (κ1) is 12.7. The molecule has 2 heterocycles. The summed E-state index contributed by atoms with van der Waals surface area (Å²) in [5, 5.41) is 0.878. The van der Waals surface area contributed by atoms with Crippen LogP contribution in [0, 0.1) is 6.92 Å². The van der Waals surface area contributed by atoms with Crippen LogP contribution in [0.15, 0.2) is 6.20 Å². The molecule has 0 aromatic carbocycles. The van der Waals surface area contributed by atoms with Gasteiger partial charge in [-0.25, -0.2) is 9.97 Å². The molecule has 2 aromatic heterocycles. The summed E-state index contributed by atoms with van der Waals surface area (Å²) in [6, 6.07) is 0.274. The van der Waals surface area contributed by atoms with Gasteiger partial charge in [0.2, 0.25) is 0 Å². The second-order valence-electron chi connectivity index (χ2n) is 5.22. The van der Waals surface area contributed by atoms with Gasteiger partial charge in [-0.1, -0.05) is 13.8 Å². The molecule has 2 rings (SSSR count). The maximum atomic E-state index is 11.2. The van der Waals surface area contributed by atoms with Crippen LogP contribution in [0.1, 0.15) is 61.5 Å². The predicted octanol–water partition coefficient (Wildman–Crippen LogP) is 3.26. The Kier molecular flexibility index (Phi) is 3.20. The van der Waals surface area contributed by atoms with Crippen molar-refractivity contribution in [1.29, 1.82) is 0 Å². The summed E-state index contributed by atoms with van der Waals surface area (Å²) < 4.78 is 2.04. The smallest absolute Gasteiger partial charge is 0.152 e. The lowest BCUT2D eigenvalue weighted by atomic mass is 10.1. The van der Waals surface area contributed by atoms with Gasteiger partial charge in [-0.3, -0.25) is 4.79 Å². The fourth-order valence-corrected chi connectivity index (χ4v) is 2.12. The van der Waals surface area contributed by atoms with E-state index >= 15 is 0 Å². The molecule has 0 aliphatic heterocycles. The Morgan fingerprint density at radius 3 is 2.39 bits per heavy atom. The Labute approximate surface area is 107 Å². The fourth-order valence-electron chi connectivity index (χ4n) is 2.12. The van der Waals surface area contributed by atoms with Gasteiger partial charge in [-0.05, 0) is 20.8 Å². The van der Waals surface area contributed by atoms with Crippen molar-refractivity contribution in [3.8, 4) is 0 Å². The third-order valence-corrected chi connectivity index (χ3v) is 3.10. The van der Waals surface area contributed by atoms with Crippen molar-refractivity contribution in [3.63, 3.8) is 0 Å². The molecule has 0 radical (unpaired) electrons. The summed E-state index contributed by atoms with van der Waals surface area (Å²) in [6.45, 7) is 10.3. The number of fused-ring (bicyclic) bond motifs is 1. The lowest BCUT2D eigenvalue weighted by Crippen LogP contribution is -2.05. The molecule has 4 nitrogen and oxygen atoms in total. The molecule has 0 bridgehead atoms. The molecule has 0 spiro atoms. The second kappa shape index (κ2) is 4.52. The van der Waals surface area contributed by atoms with E-state index < -0.39 is 0 Å². The van der Waals surface area contributed by atoms with Gasteiger partial charge >= 0.3 is 0 Å². The number of carbonyl (C=O) groups is 1. The summed E-state index contributed by atoms with van der Waals surface area (Å²) in [4.78, 5) is 20.3. The quantitative estimate of drug-likeness (QED) is 0.780. The third kappa shape index (κ3) is 1.92. The van der Waals surface area contributed by atoms with Gasteiger partial charge in [0.15, 0.2) is 6.29 Å². The molecule has 0 fully saturated rings. The van der Waals surface area contributed by atoms with E-state index in [-0.39, 0.29) is 12.0 Å². The zero-order chi connectivity index (χ0) is 13.4. The normalized spacial score (nSPS) is 11.7. The largest absolute Gasteiger partial charge is 0.329 e. The zero-order valence-electron chi connectivity index (χ0n) is 11.6. The minimum absolute atomic E-state index is 0.274. The summed E-state index contributed by atoms with van der Waals surface area (Å²) in [6.07, 6.45) is 2.75. The standard InChI is InChI=1S/C14H19N3O/c1-8(2)13-15-10(5)12-11(7-18)6-17(9(3)4)14(12)16-13/h6-9H,1-5H3. The molecule has 0 aliphatic carbocycles. The van der Waals surface area contributed by atoms with Crippen LogP contribution in [-0.4, -0.2) is 20.8 Å². The van der Waals surface area contributed by atoms with E-state index in [1.165, 1.54) is 0 Å². The Balaban J connectivity index is 2.84. The molecule has 4 heteroatoms. The van der Waals surface area contributed by atoms with Crippen LogP contribution in [-0.2, 0) is 0 Å². The van der Waals surface area contributed by atoms with E-state index in [9.17, 15) is 4.79 Å². The van der Waals surface area contributed by atoms with Crippen molar-refractivity contribution in [3.05, 3.63) is 23.3 Å². The Bertz CT molecular complexity index is 597. The minimum Gasteiger partial charge on any atom is -0.329 e. The molecule has 18 heavy (non-hydrogen) atoms. The summed E-state index contributed by atoms with van der Waals surface area (Å²) >= 11 is 0. The summed E-state index contributed by atoms with van der Waals surface area (Å²) in [5.41, 5.74) is 2.42. The number of aryl methyl sites for hydroxylation is 1. The molecule has 2 aromatic rings. The van der Waals surface area contributed by atoms with Crippen LogP contribution in [0.2, 0.25) is 0 Å². The van der Waals surface area contributed by atoms with Crippen molar-refractivity contribution >= 4 is 17.3 Å². The van der Waals surface area contributed by atoms with E-state index in [0.717, 1.165) is 28.8 Å². The van der Waals surface area contributed by atoms with Crippen molar-refractivity contribution in [2.24, 2.45) is 0 Å². The highest BCUT2D eigenvalue weighted by Gasteiger charge is 2.16. The molecule has 0 saturated heterocycles. The number of hydrogen-bond donors (Lipinski definition) is 0. The Morgan fingerprint density at radius 1 is 1.22 bits per heavy atom. The number of nitrogens with zero attached hydrogens (tertiary/aromatic N) is 3. The Hall–Kier alpha value is -1.71. The highest BCUT2D eigenvalue weighted by atomic mass is 16.1. The zero-order valence-corrected chi connectivity index (χ0v) is 11.6. The number of carbonyl (C=O) groups excluding carboxylic acids is 1. The lowest BCUT2D eigenvalue weighted by molar-refractivity contribution is 0.112. The Morgan fingerprint density at radius 2 is 1.89 bits per heavy atom.